The summed E-state index contributed by atoms with van der Waals surface area (Å²) in [6, 6.07) is 0.100. The maximum atomic E-state index is 12.7. The molecule has 1 aliphatic carbocycles. The van der Waals surface area contributed by atoms with E-state index in [0.717, 1.165) is 38.6 Å². The number of rotatable bonds is 1. The van der Waals surface area contributed by atoms with Gasteiger partial charge < -0.3 is 14.7 Å². The van der Waals surface area contributed by atoms with E-state index in [1.165, 1.54) is 0 Å². The van der Waals surface area contributed by atoms with Gasteiger partial charge in [-0.15, -0.1) is 0 Å². The van der Waals surface area contributed by atoms with Crippen LogP contribution in [0.1, 0.15) is 73.6 Å². The molecule has 2 rings (SSSR count). The number of aliphatic hydroxyl groups excluding tert-OH is 1. The zero-order valence-electron chi connectivity index (χ0n) is 15.8. The van der Waals surface area contributed by atoms with Crippen LogP contribution in [0, 0.1) is 17.3 Å². The van der Waals surface area contributed by atoms with Crippen molar-refractivity contribution in [3.63, 3.8) is 0 Å². The molecule has 1 amide bonds. The number of ether oxygens (including phenoxy) is 1. The third-order valence-electron chi connectivity index (χ3n) is 5.59. The summed E-state index contributed by atoms with van der Waals surface area (Å²) in [5, 5.41) is 10.9. The van der Waals surface area contributed by atoms with Gasteiger partial charge in [-0.1, -0.05) is 27.2 Å². The average molecular weight is 325 g/mol. The maximum Gasteiger partial charge on any atom is 0.410 e. The summed E-state index contributed by atoms with van der Waals surface area (Å²) in [5.41, 5.74) is -0.543. The van der Waals surface area contributed by atoms with Gasteiger partial charge in [0.1, 0.15) is 5.60 Å². The van der Waals surface area contributed by atoms with Crippen molar-refractivity contribution in [3.8, 4) is 0 Å². The lowest BCUT2D eigenvalue weighted by molar-refractivity contribution is -0.0782. The molecule has 0 aromatic rings. The minimum atomic E-state index is -0.477. The molecule has 4 unspecified atom stereocenters. The Morgan fingerprint density at radius 3 is 2.52 bits per heavy atom. The number of amides is 1. The molecule has 0 bridgehead atoms. The van der Waals surface area contributed by atoms with Crippen LogP contribution in [0.5, 0.6) is 0 Å². The Bertz CT molecular complexity index is 427. The molecule has 1 aliphatic heterocycles. The Labute approximate surface area is 141 Å². The second-order valence-corrected chi connectivity index (χ2v) is 9.36. The molecule has 1 N–H and O–H groups in total. The molecule has 23 heavy (non-hydrogen) atoms. The lowest BCUT2D eigenvalue weighted by Gasteiger charge is -2.49. The van der Waals surface area contributed by atoms with E-state index in [9.17, 15) is 9.90 Å². The van der Waals surface area contributed by atoms with E-state index in [4.69, 9.17) is 4.74 Å². The number of carbonyl (C=O) groups is 1. The summed E-state index contributed by atoms with van der Waals surface area (Å²) in [6.07, 6.45) is 4.60. The molecule has 4 atom stereocenters. The number of carbonyl (C=O) groups excluding carboxylic acids is 1. The summed E-state index contributed by atoms with van der Waals surface area (Å²) in [5.74, 6) is 0.755. The minimum absolute atomic E-state index is 0.0663. The van der Waals surface area contributed by atoms with E-state index in [-0.39, 0.29) is 29.6 Å². The Hall–Kier alpha value is -0.770. The van der Waals surface area contributed by atoms with Crippen LogP contribution in [-0.2, 0) is 4.74 Å². The highest BCUT2D eigenvalue weighted by Gasteiger charge is 2.46. The van der Waals surface area contributed by atoms with Gasteiger partial charge >= 0.3 is 6.09 Å². The smallest absolute Gasteiger partial charge is 0.410 e. The number of aliphatic hydroxyl groups is 1. The SMILES string of the molecule is CC1CCN(C(=O)OC(C)(C)C)C(C2CCCC(C)(C)C2O)C1. The first kappa shape index (κ1) is 18.6. The maximum absolute atomic E-state index is 12.7. The zero-order valence-corrected chi connectivity index (χ0v) is 15.8. The summed E-state index contributed by atoms with van der Waals surface area (Å²) < 4.78 is 5.63. The van der Waals surface area contributed by atoms with Crippen LogP contribution in [-0.4, -0.2) is 40.4 Å². The third-order valence-corrected chi connectivity index (χ3v) is 5.59. The normalized spacial score (nSPS) is 35.0. The number of nitrogens with zero attached hydrogens (tertiary/aromatic N) is 1. The first-order valence-corrected chi connectivity index (χ1v) is 9.19. The number of piperidine rings is 1. The van der Waals surface area contributed by atoms with Gasteiger partial charge in [0.25, 0.3) is 0 Å². The summed E-state index contributed by atoms with van der Waals surface area (Å²) in [6.45, 7) is 13.0. The van der Waals surface area contributed by atoms with Crippen LogP contribution in [0.25, 0.3) is 0 Å². The van der Waals surface area contributed by atoms with Crippen molar-refractivity contribution in [1.82, 2.24) is 4.90 Å². The molecule has 0 spiro atoms. The van der Waals surface area contributed by atoms with Crippen LogP contribution in [0.15, 0.2) is 0 Å². The van der Waals surface area contributed by atoms with Gasteiger partial charge in [0, 0.05) is 18.5 Å². The van der Waals surface area contributed by atoms with Crippen molar-refractivity contribution in [3.05, 3.63) is 0 Å². The molecule has 4 nitrogen and oxygen atoms in total. The molecule has 2 aliphatic rings. The molecular weight excluding hydrogens is 290 g/mol. The van der Waals surface area contributed by atoms with Gasteiger partial charge in [0.2, 0.25) is 0 Å². The Kier molecular flexibility index (Phi) is 5.34. The first-order valence-electron chi connectivity index (χ1n) is 9.19. The van der Waals surface area contributed by atoms with Gasteiger partial charge in [-0.3, -0.25) is 0 Å². The molecule has 134 valence electrons. The molecule has 0 aromatic heterocycles. The molecule has 1 saturated heterocycles. The van der Waals surface area contributed by atoms with Gasteiger partial charge in [0.05, 0.1) is 6.10 Å². The van der Waals surface area contributed by atoms with E-state index in [0.29, 0.717) is 5.92 Å². The Balaban J connectivity index is 2.19. The summed E-state index contributed by atoms with van der Waals surface area (Å²) in [4.78, 5) is 14.6. The van der Waals surface area contributed by atoms with Crippen molar-refractivity contribution in [2.75, 3.05) is 6.54 Å². The minimum Gasteiger partial charge on any atom is -0.444 e. The Morgan fingerprint density at radius 1 is 1.26 bits per heavy atom. The lowest BCUT2D eigenvalue weighted by Crippen LogP contribution is -2.56. The van der Waals surface area contributed by atoms with E-state index < -0.39 is 5.60 Å². The fraction of sp³-hybridized carbons (Fsp3) is 0.947. The molecule has 0 radical (unpaired) electrons. The lowest BCUT2D eigenvalue weighted by atomic mass is 9.65. The fourth-order valence-corrected chi connectivity index (χ4v) is 4.22. The number of hydrogen-bond donors (Lipinski definition) is 1. The van der Waals surface area contributed by atoms with Crippen molar-refractivity contribution in [2.45, 2.75) is 91.4 Å². The largest absolute Gasteiger partial charge is 0.444 e. The van der Waals surface area contributed by atoms with Gasteiger partial charge in [-0.2, -0.15) is 0 Å². The van der Waals surface area contributed by atoms with E-state index in [1.54, 1.807) is 0 Å². The predicted octanol–water partition coefficient (Wildman–Crippen LogP) is 4.21. The Morgan fingerprint density at radius 2 is 1.91 bits per heavy atom. The zero-order chi connectivity index (χ0) is 17.4. The summed E-state index contributed by atoms with van der Waals surface area (Å²) >= 11 is 0. The quantitative estimate of drug-likeness (QED) is 0.785. The van der Waals surface area contributed by atoms with Gasteiger partial charge in [0.15, 0.2) is 0 Å². The number of likely N-dealkylation sites (tertiary alicyclic amines) is 1. The van der Waals surface area contributed by atoms with E-state index >= 15 is 0 Å². The topological polar surface area (TPSA) is 49.8 Å². The highest BCUT2D eigenvalue weighted by molar-refractivity contribution is 5.68. The standard InChI is InChI=1S/C19H35NO3/c1-13-9-11-20(17(22)23-18(2,3)4)15(12-13)14-8-7-10-19(5,6)16(14)21/h13-16,21H,7-12H2,1-6H3. The van der Waals surface area contributed by atoms with Gasteiger partial charge in [-0.25, -0.2) is 4.79 Å². The van der Waals surface area contributed by atoms with Crippen molar-refractivity contribution in [2.24, 2.45) is 17.3 Å². The molecule has 4 heteroatoms. The van der Waals surface area contributed by atoms with E-state index in [1.807, 2.05) is 25.7 Å². The fourth-order valence-electron chi connectivity index (χ4n) is 4.22. The van der Waals surface area contributed by atoms with Gasteiger partial charge in [-0.05, 0) is 57.8 Å². The van der Waals surface area contributed by atoms with Crippen molar-refractivity contribution >= 4 is 6.09 Å². The van der Waals surface area contributed by atoms with Crippen LogP contribution in [0.2, 0.25) is 0 Å². The average Bonchev–Trinajstić information content (AvgIpc) is 2.39. The predicted molar refractivity (Wildman–Crippen MR) is 92.3 cm³/mol. The molecule has 1 saturated carbocycles. The molecule has 1 heterocycles. The highest BCUT2D eigenvalue weighted by Crippen LogP contribution is 2.44. The van der Waals surface area contributed by atoms with Crippen LogP contribution in [0.4, 0.5) is 4.79 Å². The van der Waals surface area contributed by atoms with E-state index in [2.05, 4.69) is 20.8 Å². The van der Waals surface area contributed by atoms with Crippen LogP contribution in [0.3, 0.4) is 0 Å². The third kappa shape index (κ3) is 4.40. The number of hydrogen-bond acceptors (Lipinski definition) is 3. The molecule has 2 fully saturated rings. The van der Waals surface area contributed by atoms with Crippen LogP contribution < -0.4 is 0 Å². The van der Waals surface area contributed by atoms with Crippen LogP contribution >= 0.6 is 0 Å². The summed E-state index contributed by atoms with van der Waals surface area (Å²) in [7, 11) is 0. The van der Waals surface area contributed by atoms with Crippen molar-refractivity contribution in [1.29, 1.82) is 0 Å². The molecule has 0 aromatic carbocycles. The first-order chi connectivity index (χ1) is 10.5. The second-order valence-electron chi connectivity index (χ2n) is 9.36. The monoisotopic (exact) mass is 325 g/mol. The highest BCUT2D eigenvalue weighted by atomic mass is 16.6. The second kappa shape index (κ2) is 6.62. The molecular formula is C19H35NO3. The van der Waals surface area contributed by atoms with Crippen molar-refractivity contribution < 1.29 is 14.6 Å².